The Kier molecular flexibility index (Phi) is 7.49. The number of nitrogens with zero attached hydrogens (tertiary/aromatic N) is 1. The zero-order valence-electron chi connectivity index (χ0n) is 15.9. The van der Waals surface area contributed by atoms with Crippen molar-refractivity contribution >= 4 is 12.1 Å². The molecule has 0 aliphatic heterocycles. The summed E-state index contributed by atoms with van der Waals surface area (Å²) < 4.78 is 15.8. The fourth-order valence-corrected chi connectivity index (χ4v) is 2.48. The topological polar surface area (TPSA) is 78.4 Å². The summed E-state index contributed by atoms with van der Waals surface area (Å²) in [7, 11) is 4.60. The molecule has 2 rings (SSSR count). The van der Waals surface area contributed by atoms with Crippen molar-refractivity contribution in [2.24, 2.45) is 5.16 Å². The number of rotatable bonds is 9. The zero-order valence-corrected chi connectivity index (χ0v) is 15.9. The van der Waals surface area contributed by atoms with Gasteiger partial charge in [-0.05, 0) is 24.6 Å². The van der Waals surface area contributed by atoms with E-state index in [-0.39, 0.29) is 18.6 Å². The van der Waals surface area contributed by atoms with E-state index in [2.05, 4.69) is 10.5 Å². The molecule has 0 aliphatic carbocycles. The number of methoxy groups -OCH3 is 3. The van der Waals surface area contributed by atoms with Crippen LogP contribution in [0.25, 0.3) is 0 Å². The predicted molar refractivity (Wildman–Crippen MR) is 103 cm³/mol. The number of carbonyl (C=O) groups excluding carboxylic acids is 1. The van der Waals surface area contributed by atoms with Gasteiger partial charge in [0.2, 0.25) is 5.75 Å². The molecule has 0 saturated heterocycles. The maximum atomic E-state index is 12.0. The lowest BCUT2D eigenvalue weighted by Crippen LogP contribution is -2.29. The van der Waals surface area contributed by atoms with Gasteiger partial charge >= 0.3 is 0 Å². The summed E-state index contributed by atoms with van der Waals surface area (Å²) >= 11 is 0. The summed E-state index contributed by atoms with van der Waals surface area (Å²) in [5, 5.41) is 6.68. The first-order valence-corrected chi connectivity index (χ1v) is 8.38. The molecule has 0 aliphatic rings. The van der Waals surface area contributed by atoms with Crippen molar-refractivity contribution < 1.29 is 23.8 Å². The SMILES string of the molecule is COc1cc(/C=N\OCC(=O)N[C@H](C)c2ccccc2)cc(OC)c1OC. The monoisotopic (exact) mass is 372 g/mol. The molecule has 1 amide bonds. The highest BCUT2D eigenvalue weighted by atomic mass is 16.6. The van der Waals surface area contributed by atoms with Gasteiger partial charge in [0, 0.05) is 5.56 Å². The van der Waals surface area contributed by atoms with Gasteiger partial charge in [0.15, 0.2) is 18.1 Å². The predicted octanol–water partition coefficient (Wildman–Crippen LogP) is 2.94. The fourth-order valence-electron chi connectivity index (χ4n) is 2.48. The van der Waals surface area contributed by atoms with Gasteiger partial charge in [-0.1, -0.05) is 35.5 Å². The van der Waals surface area contributed by atoms with Gasteiger partial charge < -0.3 is 24.4 Å². The highest BCUT2D eigenvalue weighted by Gasteiger charge is 2.12. The van der Waals surface area contributed by atoms with Crippen molar-refractivity contribution in [3.05, 3.63) is 53.6 Å². The van der Waals surface area contributed by atoms with Crippen LogP contribution in [0, 0.1) is 0 Å². The summed E-state index contributed by atoms with van der Waals surface area (Å²) in [4.78, 5) is 17.0. The van der Waals surface area contributed by atoms with Crippen LogP contribution in [0.2, 0.25) is 0 Å². The van der Waals surface area contributed by atoms with Crippen LogP contribution in [0.15, 0.2) is 47.6 Å². The Labute approximate surface area is 158 Å². The summed E-state index contributed by atoms with van der Waals surface area (Å²) in [6.45, 7) is 1.73. The van der Waals surface area contributed by atoms with E-state index in [1.54, 1.807) is 12.1 Å². The molecule has 0 bridgehead atoms. The molecular weight excluding hydrogens is 348 g/mol. The molecule has 0 aromatic heterocycles. The number of hydrogen-bond acceptors (Lipinski definition) is 6. The average molecular weight is 372 g/mol. The van der Waals surface area contributed by atoms with Crippen molar-refractivity contribution in [1.82, 2.24) is 5.32 Å². The molecule has 0 unspecified atom stereocenters. The number of nitrogens with one attached hydrogen (secondary N) is 1. The van der Waals surface area contributed by atoms with E-state index in [9.17, 15) is 4.79 Å². The van der Waals surface area contributed by atoms with Gasteiger partial charge in [-0.25, -0.2) is 0 Å². The normalized spacial score (nSPS) is 11.7. The second-order valence-corrected chi connectivity index (χ2v) is 5.67. The fraction of sp³-hybridized carbons (Fsp3) is 0.300. The minimum atomic E-state index is -0.256. The molecule has 0 fully saturated rings. The van der Waals surface area contributed by atoms with E-state index in [0.717, 1.165) is 5.56 Å². The molecule has 2 aromatic carbocycles. The Morgan fingerprint density at radius 1 is 1.07 bits per heavy atom. The third kappa shape index (κ3) is 5.64. The molecule has 0 radical (unpaired) electrons. The molecule has 1 atom stereocenters. The largest absolute Gasteiger partial charge is 0.493 e. The molecule has 1 N–H and O–H groups in total. The number of ether oxygens (including phenoxy) is 3. The van der Waals surface area contributed by atoms with Crippen LogP contribution in [0.3, 0.4) is 0 Å². The van der Waals surface area contributed by atoms with Crippen molar-refractivity contribution in [3.63, 3.8) is 0 Å². The lowest BCUT2D eigenvalue weighted by atomic mass is 10.1. The number of carbonyl (C=O) groups is 1. The lowest BCUT2D eigenvalue weighted by molar-refractivity contribution is -0.126. The van der Waals surface area contributed by atoms with E-state index in [1.807, 2.05) is 37.3 Å². The maximum absolute atomic E-state index is 12.0. The first kappa shape index (κ1) is 20.1. The Morgan fingerprint density at radius 2 is 1.70 bits per heavy atom. The number of oxime groups is 1. The summed E-state index contributed by atoms with van der Waals surface area (Å²) in [5.74, 6) is 1.25. The maximum Gasteiger partial charge on any atom is 0.261 e. The van der Waals surface area contributed by atoms with Crippen LogP contribution in [0.4, 0.5) is 0 Å². The minimum absolute atomic E-state index is 0.110. The first-order chi connectivity index (χ1) is 13.1. The summed E-state index contributed by atoms with van der Waals surface area (Å²) in [5.41, 5.74) is 1.70. The van der Waals surface area contributed by atoms with E-state index in [4.69, 9.17) is 19.0 Å². The summed E-state index contributed by atoms with van der Waals surface area (Å²) in [6.07, 6.45) is 1.47. The molecular formula is C20H24N2O5. The minimum Gasteiger partial charge on any atom is -0.493 e. The second kappa shape index (κ2) is 10.1. The van der Waals surface area contributed by atoms with E-state index in [0.29, 0.717) is 22.8 Å². The molecule has 7 heteroatoms. The smallest absolute Gasteiger partial charge is 0.261 e. The Bertz CT molecular complexity index is 752. The van der Waals surface area contributed by atoms with E-state index in [1.165, 1.54) is 27.5 Å². The molecule has 144 valence electrons. The van der Waals surface area contributed by atoms with Gasteiger partial charge in [-0.15, -0.1) is 0 Å². The molecule has 0 spiro atoms. The number of hydrogen-bond donors (Lipinski definition) is 1. The van der Waals surface area contributed by atoms with Crippen LogP contribution < -0.4 is 19.5 Å². The van der Waals surface area contributed by atoms with Crippen LogP contribution >= 0.6 is 0 Å². The Hall–Kier alpha value is -3.22. The van der Waals surface area contributed by atoms with Crippen molar-refractivity contribution in [1.29, 1.82) is 0 Å². The second-order valence-electron chi connectivity index (χ2n) is 5.67. The molecule has 27 heavy (non-hydrogen) atoms. The van der Waals surface area contributed by atoms with Crippen LogP contribution in [-0.2, 0) is 9.63 Å². The highest BCUT2D eigenvalue weighted by molar-refractivity contribution is 5.82. The third-order valence-electron chi connectivity index (χ3n) is 3.84. The van der Waals surface area contributed by atoms with Crippen molar-refractivity contribution in [2.45, 2.75) is 13.0 Å². The lowest BCUT2D eigenvalue weighted by Gasteiger charge is -2.13. The molecule has 0 saturated carbocycles. The number of benzene rings is 2. The van der Waals surface area contributed by atoms with Crippen LogP contribution in [0.5, 0.6) is 17.2 Å². The molecule has 0 heterocycles. The van der Waals surface area contributed by atoms with E-state index < -0.39 is 0 Å². The van der Waals surface area contributed by atoms with Gasteiger partial charge in [-0.3, -0.25) is 4.79 Å². The average Bonchev–Trinajstić information content (AvgIpc) is 2.70. The Morgan fingerprint density at radius 3 is 2.26 bits per heavy atom. The molecule has 2 aromatic rings. The van der Waals surface area contributed by atoms with Crippen molar-refractivity contribution in [3.8, 4) is 17.2 Å². The van der Waals surface area contributed by atoms with Crippen LogP contribution in [-0.4, -0.2) is 40.1 Å². The number of amides is 1. The van der Waals surface area contributed by atoms with E-state index >= 15 is 0 Å². The quantitative estimate of drug-likeness (QED) is 0.541. The first-order valence-electron chi connectivity index (χ1n) is 8.38. The van der Waals surface area contributed by atoms with Gasteiger partial charge in [0.1, 0.15) is 0 Å². The Balaban J connectivity index is 1.91. The van der Waals surface area contributed by atoms with Gasteiger partial charge in [0.05, 0.1) is 33.6 Å². The van der Waals surface area contributed by atoms with Gasteiger partial charge in [-0.2, -0.15) is 0 Å². The highest BCUT2D eigenvalue weighted by Crippen LogP contribution is 2.37. The summed E-state index contributed by atoms with van der Waals surface area (Å²) in [6, 6.07) is 13.0. The molecule has 7 nitrogen and oxygen atoms in total. The third-order valence-corrected chi connectivity index (χ3v) is 3.84. The van der Waals surface area contributed by atoms with Crippen molar-refractivity contribution in [2.75, 3.05) is 27.9 Å². The van der Waals surface area contributed by atoms with Gasteiger partial charge in [0.25, 0.3) is 5.91 Å². The standard InChI is InChI=1S/C20H24N2O5/c1-14(16-8-6-5-7-9-16)22-19(23)13-27-21-12-15-10-17(24-2)20(26-4)18(11-15)25-3/h5-12,14H,13H2,1-4H3,(H,22,23)/b21-12-/t14-/m1/s1. The van der Waals surface area contributed by atoms with Crippen LogP contribution in [0.1, 0.15) is 24.1 Å². The zero-order chi connectivity index (χ0) is 19.6.